The minimum Gasteiger partial charge on any atom is -0.496 e. The van der Waals surface area contributed by atoms with Gasteiger partial charge in [0.15, 0.2) is 6.04 Å². The Kier molecular flexibility index (Phi) is 5.96. The van der Waals surface area contributed by atoms with Crippen molar-refractivity contribution >= 4 is 5.91 Å². The number of halogens is 3. The lowest BCUT2D eigenvalue weighted by Gasteiger charge is -2.42. The molecule has 0 saturated carbocycles. The standard InChI is InChI=1S/C20H24F3N3O2/c1-14-7-5-9-16(15-8-3-4-10-17(15)28-2)26(14)19(27)13-18(20(21,22)23)25-12-6-11-24-25/h3-4,6,8,10-12,14,16,18H,5,7,9,13H2,1-2H3/t14-,16-,18?/m1/s1. The summed E-state index contributed by atoms with van der Waals surface area (Å²) in [6.07, 6.45) is -0.380. The maximum absolute atomic E-state index is 13.6. The van der Waals surface area contributed by atoms with Crippen LogP contribution in [0.15, 0.2) is 42.7 Å². The largest absolute Gasteiger partial charge is 0.496 e. The second-order valence-corrected chi connectivity index (χ2v) is 7.09. The van der Waals surface area contributed by atoms with Gasteiger partial charge < -0.3 is 9.64 Å². The summed E-state index contributed by atoms with van der Waals surface area (Å²) in [5.41, 5.74) is 0.826. The van der Waals surface area contributed by atoms with E-state index in [9.17, 15) is 18.0 Å². The maximum Gasteiger partial charge on any atom is 0.411 e. The number of hydrogen-bond donors (Lipinski definition) is 0. The first-order valence-electron chi connectivity index (χ1n) is 9.33. The van der Waals surface area contributed by atoms with Gasteiger partial charge in [0, 0.05) is 24.0 Å². The van der Waals surface area contributed by atoms with E-state index in [4.69, 9.17) is 4.74 Å². The van der Waals surface area contributed by atoms with E-state index in [-0.39, 0.29) is 12.1 Å². The normalized spacial score (nSPS) is 21.4. The molecule has 28 heavy (non-hydrogen) atoms. The van der Waals surface area contributed by atoms with E-state index in [1.165, 1.54) is 18.5 Å². The van der Waals surface area contributed by atoms with Crippen molar-refractivity contribution in [1.29, 1.82) is 0 Å². The van der Waals surface area contributed by atoms with Gasteiger partial charge in [-0.1, -0.05) is 18.2 Å². The van der Waals surface area contributed by atoms with Gasteiger partial charge in [-0.25, -0.2) is 0 Å². The first-order valence-corrected chi connectivity index (χ1v) is 9.33. The van der Waals surface area contributed by atoms with Crippen molar-refractivity contribution in [3.05, 3.63) is 48.3 Å². The summed E-state index contributed by atoms with van der Waals surface area (Å²) >= 11 is 0. The SMILES string of the molecule is COc1ccccc1[C@H]1CCC[C@@H](C)N1C(=O)CC(n1cccn1)C(F)(F)F. The highest BCUT2D eigenvalue weighted by Gasteiger charge is 2.45. The highest BCUT2D eigenvalue weighted by molar-refractivity contribution is 5.78. The number of rotatable bonds is 5. The molecule has 1 saturated heterocycles. The van der Waals surface area contributed by atoms with Crippen molar-refractivity contribution in [3.63, 3.8) is 0 Å². The smallest absolute Gasteiger partial charge is 0.411 e. The summed E-state index contributed by atoms with van der Waals surface area (Å²) in [4.78, 5) is 14.7. The summed E-state index contributed by atoms with van der Waals surface area (Å²) < 4.78 is 47.0. The molecule has 3 rings (SSSR count). The Labute approximate surface area is 162 Å². The van der Waals surface area contributed by atoms with Gasteiger partial charge in [0.2, 0.25) is 5.91 Å². The number of piperidine rings is 1. The first-order chi connectivity index (χ1) is 13.3. The molecule has 8 heteroatoms. The predicted molar refractivity (Wildman–Crippen MR) is 97.8 cm³/mol. The van der Waals surface area contributed by atoms with E-state index in [1.807, 2.05) is 25.1 Å². The van der Waals surface area contributed by atoms with Gasteiger partial charge in [-0.2, -0.15) is 18.3 Å². The lowest BCUT2D eigenvalue weighted by atomic mass is 9.90. The number of carbonyl (C=O) groups is 1. The van der Waals surface area contributed by atoms with E-state index < -0.39 is 24.5 Å². The van der Waals surface area contributed by atoms with Gasteiger partial charge in [-0.3, -0.25) is 9.48 Å². The van der Waals surface area contributed by atoms with Crippen LogP contribution >= 0.6 is 0 Å². The number of methoxy groups -OCH3 is 1. The van der Waals surface area contributed by atoms with Crippen LogP contribution in [-0.2, 0) is 4.79 Å². The quantitative estimate of drug-likeness (QED) is 0.748. The Morgan fingerprint density at radius 1 is 1.29 bits per heavy atom. The molecule has 0 bridgehead atoms. The molecule has 0 radical (unpaired) electrons. The number of carbonyl (C=O) groups excluding carboxylic acids is 1. The summed E-state index contributed by atoms with van der Waals surface area (Å²) in [6, 6.07) is 6.34. The molecule has 5 nitrogen and oxygen atoms in total. The fraction of sp³-hybridized carbons (Fsp3) is 0.500. The minimum absolute atomic E-state index is 0.150. The van der Waals surface area contributed by atoms with Crippen molar-refractivity contribution in [3.8, 4) is 5.75 Å². The van der Waals surface area contributed by atoms with Gasteiger partial charge in [-0.05, 0) is 38.3 Å². The fourth-order valence-corrected chi connectivity index (χ4v) is 3.95. The highest BCUT2D eigenvalue weighted by atomic mass is 19.4. The maximum atomic E-state index is 13.6. The average Bonchev–Trinajstić information content (AvgIpc) is 3.18. The Morgan fingerprint density at radius 3 is 2.68 bits per heavy atom. The predicted octanol–water partition coefficient (Wildman–Crippen LogP) is 4.53. The number of para-hydroxylation sites is 1. The third-order valence-corrected chi connectivity index (χ3v) is 5.29. The van der Waals surface area contributed by atoms with Crippen LogP contribution in [0.4, 0.5) is 13.2 Å². The zero-order valence-corrected chi connectivity index (χ0v) is 15.9. The first kappa shape index (κ1) is 20.2. The number of amides is 1. The molecule has 1 aromatic carbocycles. The van der Waals surface area contributed by atoms with Gasteiger partial charge in [-0.15, -0.1) is 0 Å². The molecular weight excluding hydrogens is 371 g/mol. The molecule has 1 unspecified atom stereocenters. The molecule has 1 fully saturated rings. The van der Waals surface area contributed by atoms with Crippen LogP contribution in [0.2, 0.25) is 0 Å². The van der Waals surface area contributed by atoms with Crippen LogP contribution in [0.3, 0.4) is 0 Å². The van der Waals surface area contributed by atoms with Crippen LogP contribution in [0.5, 0.6) is 5.75 Å². The third kappa shape index (κ3) is 4.15. The molecular formula is C20H24F3N3O2. The van der Waals surface area contributed by atoms with E-state index in [2.05, 4.69) is 5.10 Å². The summed E-state index contributed by atoms with van der Waals surface area (Å²) in [6.45, 7) is 1.88. The molecule has 1 aromatic heterocycles. The molecule has 0 aliphatic carbocycles. The second-order valence-electron chi connectivity index (χ2n) is 7.09. The fourth-order valence-electron chi connectivity index (χ4n) is 3.95. The van der Waals surface area contributed by atoms with Crippen molar-refractivity contribution in [2.45, 2.75) is 56.9 Å². The monoisotopic (exact) mass is 395 g/mol. The molecule has 3 atom stereocenters. The third-order valence-electron chi connectivity index (χ3n) is 5.29. The molecule has 0 N–H and O–H groups in total. The number of aromatic nitrogens is 2. The number of benzene rings is 1. The number of alkyl halides is 3. The second kappa shape index (κ2) is 8.24. The molecule has 2 aromatic rings. The summed E-state index contributed by atoms with van der Waals surface area (Å²) in [5, 5.41) is 3.71. The van der Waals surface area contributed by atoms with Crippen LogP contribution in [0, 0.1) is 0 Å². The highest BCUT2D eigenvalue weighted by Crippen LogP contribution is 2.40. The average molecular weight is 395 g/mol. The van der Waals surface area contributed by atoms with Crippen molar-refractivity contribution in [2.75, 3.05) is 7.11 Å². The zero-order valence-electron chi connectivity index (χ0n) is 15.9. The molecule has 0 spiro atoms. The Hall–Kier alpha value is -2.51. The summed E-state index contributed by atoms with van der Waals surface area (Å²) in [5.74, 6) is 0.111. The van der Waals surface area contributed by atoms with E-state index in [1.54, 1.807) is 18.1 Å². The zero-order chi connectivity index (χ0) is 20.3. The molecule has 2 heterocycles. The van der Waals surface area contributed by atoms with Crippen LogP contribution in [-0.4, -0.2) is 39.9 Å². The van der Waals surface area contributed by atoms with Crippen LogP contribution < -0.4 is 4.74 Å². The van der Waals surface area contributed by atoms with Gasteiger partial charge >= 0.3 is 6.18 Å². The number of ether oxygens (including phenoxy) is 1. The Morgan fingerprint density at radius 2 is 2.04 bits per heavy atom. The van der Waals surface area contributed by atoms with Crippen molar-refractivity contribution < 1.29 is 22.7 Å². The van der Waals surface area contributed by atoms with Crippen molar-refractivity contribution in [1.82, 2.24) is 14.7 Å². The molecule has 1 aliphatic rings. The number of likely N-dealkylation sites (tertiary alicyclic amines) is 1. The minimum atomic E-state index is -4.57. The topological polar surface area (TPSA) is 47.4 Å². The van der Waals surface area contributed by atoms with Crippen molar-refractivity contribution in [2.24, 2.45) is 0 Å². The van der Waals surface area contributed by atoms with Crippen LogP contribution in [0.1, 0.15) is 50.3 Å². The van der Waals surface area contributed by atoms with E-state index in [0.29, 0.717) is 12.2 Å². The summed E-state index contributed by atoms with van der Waals surface area (Å²) in [7, 11) is 1.55. The Balaban J connectivity index is 1.90. The van der Waals surface area contributed by atoms with Gasteiger partial charge in [0.05, 0.1) is 19.6 Å². The molecule has 152 valence electrons. The molecule has 1 amide bonds. The van der Waals surface area contributed by atoms with Gasteiger partial charge in [0.25, 0.3) is 0 Å². The number of nitrogens with zero attached hydrogens (tertiary/aromatic N) is 3. The van der Waals surface area contributed by atoms with E-state index >= 15 is 0 Å². The van der Waals surface area contributed by atoms with Crippen LogP contribution in [0.25, 0.3) is 0 Å². The number of hydrogen-bond acceptors (Lipinski definition) is 3. The van der Waals surface area contributed by atoms with Gasteiger partial charge in [0.1, 0.15) is 5.75 Å². The Bertz CT molecular complexity index is 792. The lowest BCUT2D eigenvalue weighted by Crippen LogP contribution is -2.46. The molecule has 1 aliphatic heterocycles. The lowest BCUT2D eigenvalue weighted by molar-refractivity contribution is -0.179. The van der Waals surface area contributed by atoms with E-state index in [0.717, 1.165) is 23.1 Å².